The molecular formula is C13H22N2O. The first kappa shape index (κ1) is 13.0. The zero-order chi connectivity index (χ0) is 12.0. The first-order chi connectivity index (χ1) is 7.71. The van der Waals surface area contributed by atoms with E-state index in [0.717, 1.165) is 12.2 Å². The fourth-order valence-electron chi connectivity index (χ4n) is 1.70. The van der Waals surface area contributed by atoms with Crippen LogP contribution in [0.3, 0.4) is 0 Å². The molecule has 1 rings (SSSR count). The van der Waals surface area contributed by atoms with Gasteiger partial charge >= 0.3 is 0 Å². The van der Waals surface area contributed by atoms with Crippen molar-refractivity contribution >= 4 is 0 Å². The smallest absolute Gasteiger partial charge is 0.118 e. The molecule has 0 radical (unpaired) electrons. The Labute approximate surface area is 98.0 Å². The lowest BCUT2D eigenvalue weighted by molar-refractivity contribution is 0.413. The molecule has 2 unspecified atom stereocenters. The van der Waals surface area contributed by atoms with Crippen LogP contribution in [0.4, 0.5) is 0 Å². The van der Waals surface area contributed by atoms with Gasteiger partial charge in [-0.15, -0.1) is 0 Å². The highest BCUT2D eigenvalue weighted by Gasteiger charge is 2.11. The van der Waals surface area contributed by atoms with Crippen molar-refractivity contribution in [3.8, 4) is 5.75 Å². The number of methoxy groups -OCH3 is 1. The van der Waals surface area contributed by atoms with Gasteiger partial charge < -0.3 is 15.8 Å². The van der Waals surface area contributed by atoms with Crippen molar-refractivity contribution in [2.45, 2.75) is 32.4 Å². The Hall–Kier alpha value is -1.06. The molecule has 0 bridgehead atoms. The Kier molecular flexibility index (Phi) is 5.29. The normalized spacial score (nSPS) is 14.5. The number of hydrogen-bond donors (Lipinski definition) is 2. The van der Waals surface area contributed by atoms with Crippen molar-refractivity contribution in [1.82, 2.24) is 5.32 Å². The molecule has 1 aromatic carbocycles. The average molecular weight is 222 g/mol. The highest BCUT2D eigenvalue weighted by atomic mass is 16.5. The van der Waals surface area contributed by atoms with Crippen LogP contribution in [0.2, 0.25) is 0 Å². The van der Waals surface area contributed by atoms with Crippen molar-refractivity contribution in [1.29, 1.82) is 0 Å². The van der Waals surface area contributed by atoms with Gasteiger partial charge in [0.15, 0.2) is 0 Å². The minimum absolute atomic E-state index is 0.340. The molecule has 0 saturated heterocycles. The molecule has 0 aromatic heterocycles. The van der Waals surface area contributed by atoms with E-state index >= 15 is 0 Å². The summed E-state index contributed by atoms with van der Waals surface area (Å²) in [5.41, 5.74) is 6.90. The summed E-state index contributed by atoms with van der Waals surface area (Å²) in [5.74, 6) is 0.894. The van der Waals surface area contributed by atoms with E-state index in [2.05, 4.69) is 31.3 Å². The Balaban J connectivity index is 2.70. The van der Waals surface area contributed by atoms with E-state index in [1.54, 1.807) is 7.11 Å². The molecule has 2 atom stereocenters. The molecule has 0 fully saturated rings. The predicted octanol–water partition coefficient (Wildman–Crippen LogP) is 2.08. The second-order valence-electron chi connectivity index (χ2n) is 4.04. The molecule has 0 amide bonds. The van der Waals surface area contributed by atoms with E-state index in [9.17, 15) is 0 Å². The van der Waals surface area contributed by atoms with Crippen LogP contribution in [0.15, 0.2) is 24.3 Å². The molecule has 1 aromatic rings. The molecule has 0 aliphatic carbocycles. The van der Waals surface area contributed by atoms with Gasteiger partial charge in [-0.1, -0.05) is 19.1 Å². The third kappa shape index (κ3) is 3.51. The van der Waals surface area contributed by atoms with Gasteiger partial charge in [0, 0.05) is 18.6 Å². The van der Waals surface area contributed by atoms with E-state index in [-0.39, 0.29) is 0 Å². The van der Waals surface area contributed by atoms with E-state index in [4.69, 9.17) is 10.5 Å². The Morgan fingerprint density at radius 3 is 2.38 bits per heavy atom. The third-order valence-corrected chi connectivity index (χ3v) is 2.77. The van der Waals surface area contributed by atoms with Gasteiger partial charge in [-0.05, 0) is 31.0 Å². The lowest BCUT2D eigenvalue weighted by Gasteiger charge is -2.21. The summed E-state index contributed by atoms with van der Waals surface area (Å²) < 4.78 is 5.14. The van der Waals surface area contributed by atoms with Crippen LogP contribution in [-0.2, 0) is 0 Å². The third-order valence-electron chi connectivity index (χ3n) is 2.77. The maximum atomic E-state index is 5.62. The summed E-state index contributed by atoms with van der Waals surface area (Å²) in [7, 11) is 1.68. The Morgan fingerprint density at radius 1 is 1.31 bits per heavy atom. The number of ether oxygens (including phenoxy) is 1. The molecule has 0 aliphatic rings. The molecule has 90 valence electrons. The maximum Gasteiger partial charge on any atom is 0.118 e. The van der Waals surface area contributed by atoms with Crippen LogP contribution in [0.5, 0.6) is 5.75 Å². The predicted molar refractivity (Wildman–Crippen MR) is 67.7 cm³/mol. The molecule has 0 spiro atoms. The number of hydrogen-bond acceptors (Lipinski definition) is 3. The lowest BCUT2D eigenvalue weighted by Crippen LogP contribution is -2.35. The SMILES string of the molecule is CCC(NC(C)CN)c1ccc(OC)cc1. The van der Waals surface area contributed by atoms with Gasteiger partial charge in [0.05, 0.1) is 7.11 Å². The zero-order valence-electron chi connectivity index (χ0n) is 10.4. The lowest BCUT2D eigenvalue weighted by atomic mass is 10.0. The van der Waals surface area contributed by atoms with Crippen molar-refractivity contribution in [3.05, 3.63) is 29.8 Å². The summed E-state index contributed by atoms with van der Waals surface area (Å²) in [6, 6.07) is 8.89. The summed E-state index contributed by atoms with van der Waals surface area (Å²) in [6.07, 6.45) is 1.05. The van der Waals surface area contributed by atoms with Crippen LogP contribution < -0.4 is 15.8 Å². The molecule has 3 N–H and O–H groups in total. The van der Waals surface area contributed by atoms with Crippen molar-refractivity contribution in [2.24, 2.45) is 5.73 Å². The van der Waals surface area contributed by atoms with E-state index in [0.29, 0.717) is 18.6 Å². The fraction of sp³-hybridized carbons (Fsp3) is 0.538. The van der Waals surface area contributed by atoms with Crippen LogP contribution >= 0.6 is 0 Å². The quantitative estimate of drug-likeness (QED) is 0.774. The summed E-state index contributed by atoms with van der Waals surface area (Å²) >= 11 is 0. The second-order valence-corrected chi connectivity index (χ2v) is 4.04. The van der Waals surface area contributed by atoms with Gasteiger partial charge in [0.2, 0.25) is 0 Å². The summed E-state index contributed by atoms with van der Waals surface area (Å²) in [4.78, 5) is 0. The van der Waals surface area contributed by atoms with Crippen LogP contribution in [0.1, 0.15) is 31.9 Å². The molecule has 3 heteroatoms. The topological polar surface area (TPSA) is 47.3 Å². The van der Waals surface area contributed by atoms with Gasteiger partial charge in [-0.3, -0.25) is 0 Å². The highest BCUT2D eigenvalue weighted by molar-refractivity contribution is 5.29. The Bertz CT molecular complexity index is 297. The first-order valence-electron chi connectivity index (χ1n) is 5.81. The number of benzene rings is 1. The van der Waals surface area contributed by atoms with Crippen LogP contribution in [0, 0.1) is 0 Å². The number of nitrogens with two attached hydrogens (primary N) is 1. The van der Waals surface area contributed by atoms with E-state index < -0.39 is 0 Å². The largest absolute Gasteiger partial charge is 0.497 e. The molecular weight excluding hydrogens is 200 g/mol. The van der Waals surface area contributed by atoms with Crippen LogP contribution in [0.25, 0.3) is 0 Å². The van der Waals surface area contributed by atoms with E-state index in [1.807, 2.05) is 12.1 Å². The molecule has 0 aliphatic heterocycles. The number of nitrogens with one attached hydrogen (secondary N) is 1. The molecule has 16 heavy (non-hydrogen) atoms. The zero-order valence-corrected chi connectivity index (χ0v) is 10.4. The van der Waals surface area contributed by atoms with Gasteiger partial charge in [-0.2, -0.15) is 0 Å². The second kappa shape index (κ2) is 6.51. The van der Waals surface area contributed by atoms with Crippen molar-refractivity contribution < 1.29 is 4.74 Å². The maximum absolute atomic E-state index is 5.62. The summed E-state index contributed by atoms with van der Waals surface area (Å²) in [5, 5.41) is 3.50. The fourth-order valence-corrected chi connectivity index (χ4v) is 1.70. The minimum Gasteiger partial charge on any atom is -0.497 e. The standard InChI is InChI=1S/C13H22N2O/c1-4-13(15-10(2)9-14)11-5-7-12(16-3)8-6-11/h5-8,10,13,15H,4,9,14H2,1-3H3. The van der Waals surface area contributed by atoms with Gasteiger partial charge in [0.1, 0.15) is 5.75 Å². The van der Waals surface area contributed by atoms with Crippen LogP contribution in [-0.4, -0.2) is 19.7 Å². The van der Waals surface area contributed by atoms with E-state index in [1.165, 1.54) is 5.56 Å². The molecule has 0 saturated carbocycles. The summed E-state index contributed by atoms with van der Waals surface area (Å²) in [6.45, 7) is 4.93. The number of rotatable bonds is 6. The minimum atomic E-state index is 0.340. The van der Waals surface area contributed by atoms with Gasteiger partial charge in [0.25, 0.3) is 0 Å². The highest BCUT2D eigenvalue weighted by Crippen LogP contribution is 2.20. The molecule has 3 nitrogen and oxygen atoms in total. The Morgan fingerprint density at radius 2 is 1.94 bits per heavy atom. The van der Waals surface area contributed by atoms with Crippen molar-refractivity contribution in [2.75, 3.05) is 13.7 Å². The van der Waals surface area contributed by atoms with Crippen molar-refractivity contribution in [3.63, 3.8) is 0 Å². The monoisotopic (exact) mass is 222 g/mol. The average Bonchev–Trinajstić information content (AvgIpc) is 2.35. The first-order valence-corrected chi connectivity index (χ1v) is 5.81. The van der Waals surface area contributed by atoms with Gasteiger partial charge in [-0.25, -0.2) is 0 Å². The molecule has 0 heterocycles.